The van der Waals surface area contributed by atoms with Gasteiger partial charge >= 0.3 is 0 Å². The number of hydrogen-bond donors (Lipinski definition) is 0. The second-order valence-electron chi connectivity index (χ2n) is 2.08. The molecule has 1 aromatic rings. The van der Waals surface area contributed by atoms with E-state index < -0.39 is 0 Å². The first-order valence-corrected chi connectivity index (χ1v) is 3.22. The average molecular weight is 126 g/mol. The van der Waals surface area contributed by atoms with Gasteiger partial charge in [-0.25, -0.2) is 0 Å². The smallest absolute Gasteiger partial charge is 0.164 e. The van der Waals surface area contributed by atoms with Gasteiger partial charge in [0, 0.05) is 5.10 Å². The van der Waals surface area contributed by atoms with Crippen molar-refractivity contribution in [1.82, 2.24) is 9.90 Å². The number of nitrogens with zero attached hydrogens (tertiary/aromatic N) is 3. The van der Waals surface area contributed by atoms with Crippen LogP contribution >= 0.6 is 0 Å². The van der Waals surface area contributed by atoms with E-state index in [2.05, 4.69) is 12.0 Å². The molecule has 0 fully saturated rings. The molecule has 9 heavy (non-hydrogen) atoms. The molecule has 0 unspecified atom stereocenters. The maximum absolute atomic E-state index is 4.09. The van der Waals surface area contributed by atoms with E-state index in [0.29, 0.717) is 0 Å². The van der Waals surface area contributed by atoms with Crippen molar-refractivity contribution < 1.29 is 4.68 Å². The van der Waals surface area contributed by atoms with E-state index in [1.54, 1.807) is 6.20 Å². The Balaban J connectivity index is 2.69. The summed E-state index contributed by atoms with van der Waals surface area (Å²) in [6, 6.07) is 0. The quantitative estimate of drug-likeness (QED) is 0.516. The maximum Gasteiger partial charge on any atom is 0.206 e. The minimum atomic E-state index is 1.00. The van der Waals surface area contributed by atoms with Crippen molar-refractivity contribution in [2.75, 3.05) is 0 Å². The average Bonchev–Trinajstić information content (AvgIpc) is 2.18. The van der Waals surface area contributed by atoms with Gasteiger partial charge in [0.15, 0.2) is 6.20 Å². The molecule has 3 nitrogen and oxygen atoms in total. The molecule has 0 aliphatic carbocycles. The molecule has 0 amide bonds. The Hall–Kier alpha value is -0.860. The zero-order valence-electron chi connectivity index (χ0n) is 5.91. The van der Waals surface area contributed by atoms with Gasteiger partial charge in [-0.3, -0.25) is 0 Å². The minimum absolute atomic E-state index is 1.00. The van der Waals surface area contributed by atoms with Crippen LogP contribution in [0.15, 0.2) is 12.4 Å². The van der Waals surface area contributed by atoms with Crippen LogP contribution in [0.5, 0.6) is 0 Å². The number of aromatic nitrogens is 3. The molecule has 3 heteroatoms. The van der Waals surface area contributed by atoms with Crippen LogP contribution in [0.4, 0.5) is 0 Å². The zero-order valence-corrected chi connectivity index (χ0v) is 5.91. The summed E-state index contributed by atoms with van der Waals surface area (Å²) in [5, 5.41) is 4.09. The van der Waals surface area contributed by atoms with Gasteiger partial charge in [-0.05, 0) is 11.2 Å². The lowest BCUT2D eigenvalue weighted by Crippen LogP contribution is -2.38. The van der Waals surface area contributed by atoms with E-state index in [-0.39, 0.29) is 0 Å². The molecule has 0 N–H and O–H groups in total. The summed E-state index contributed by atoms with van der Waals surface area (Å²) in [6.45, 7) is 3.14. The molecular weight excluding hydrogens is 114 g/mol. The molecule has 50 valence electrons. The second kappa shape index (κ2) is 2.62. The monoisotopic (exact) mass is 126 g/mol. The minimum Gasteiger partial charge on any atom is -0.164 e. The van der Waals surface area contributed by atoms with Crippen LogP contribution in [-0.2, 0) is 13.6 Å². The standard InChI is InChI=1S/C6H12N3/c1-3-5-9-7-4-6-8(9)2/h4,6H,3,5H2,1-2H3/q+1. The highest BCUT2D eigenvalue weighted by atomic mass is 15.5. The van der Waals surface area contributed by atoms with Gasteiger partial charge in [-0.15, -0.1) is 0 Å². The molecule has 1 rings (SSSR count). The van der Waals surface area contributed by atoms with Gasteiger partial charge in [0.2, 0.25) is 6.20 Å². The first-order valence-electron chi connectivity index (χ1n) is 3.22. The van der Waals surface area contributed by atoms with Gasteiger partial charge < -0.3 is 0 Å². The highest BCUT2D eigenvalue weighted by Gasteiger charge is 1.99. The summed E-state index contributed by atoms with van der Waals surface area (Å²) in [4.78, 5) is 1.93. The molecule has 0 aliphatic heterocycles. The third-order valence-electron chi connectivity index (χ3n) is 1.27. The summed E-state index contributed by atoms with van der Waals surface area (Å²) in [5.41, 5.74) is 0. The first kappa shape index (κ1) is 6.26. The van der Waals surface area contributed by atoms with Crippen LogP contribution in [0.1, 0.15) is 13.3 Å². The van der Waals surface area contributed by atoms with Crippen molar-refractivity contribution in [1.29, 1.82) is 0 Å². The summed E-state index contributed by atoms with van der Waals surface area (Å²) < 4.78 is 1.98. The van der Waals surface area contributed by atoms with Crippen LogP contribution in [0.3, 0.4) is 0 Å². The summed E-state index contributed by atoms with van der Waals surface area (Å²) in [5.74, 6) is 0. The highest BCUT2D eigenvalue weighted by Crippen LogP contribution is 1.79. The Bertz CT molecular complexity index is 180. The third kappa shape index (κ3) is 1.28. The molecule has 1 heterocycles. The Labute approximate surface area is 54.9 Å². The van der Waals surface area contributed by atoms with E-state index >= 15 is 0 Å². The molecular formula is C6H12N3+. The van der Waals surface area contributed by atoms with Gasteiger partial charge in [0.25, 0.3) is 0 Å². The summed E-state index contributed by atoms with van der Waals surface area (Å²) >= 11 is 0. The molecule has 0 saturated carbocycles. The first-order chi connectivity index (χ1) is 4.34. The second-order valence-corrected chi connectivity index (χ2v) is 2.08. The Morgan fingerprint density at radius 2 is 2.44 bits per heavy atom. The maximum atomic E-state index is 4.09. The van der Waals surface area contributed by atoms with E-state index in [4.69, 9.17) is 0 Å². The molecule has 0 atom stereocenters. The largest absolute Gasteiger partial charge is 0.206 e. The lowest BCUT2D eigenvalue weighted by atomic mass is 10.5. The third-order valence-corrected chi connectivity index (χ3v) is 1.27. The van der Waals surface area contributed by atoms with Crippen molar-refractivity contribution in [2.24, 2.45) is 7.05 Å². The van der Waals surface area contributed by atoms with Gasteiger partial charge in [-0.2, -0.15) is 4.68 Å². The van der Waals surface area contributed by atoms with E-state index in [0.717, 1.165) is 13.0 Å². The van der Waals surface area contributed by atoms with Gasteiger partial charge in [-0.1, -0.05) is 6.92 Å². The van der Waals surface area contributed by atoms with Gasteiger partial charge in [0.05, 0.1) is 6.54 Å². The van der Waals surface area contributed by atoms with Crippen molar-refractivity contribution >= 4 is 0 Å². The van der Waals surface area contributed by atoms with Crippen LogP contribution in [-0.4, -0.2) is 9.90 Å². The molecule has 0 aliphatic rings. The Kier molecular flexibility index (Phi) is 1.82. The topological polar surface area (TPSA) is 21.7 Å². The van der Waals surface area contributed by atoms with Crippen LogP contribution in [0.25, 0.3) is 0 Å². The fourth-order valence-corrected chi connectivity index (χ4v) is 0.777. The van der Waals surface area contributed by atoms with E-state index in [1.807, 2.05) is 22.7 Å². The number of aryl methyl sites for hydroxylation is 2. The Morgan fingerprint density at radius 3 is 2.89 bits per heavy atom. The lowest BCUT2D eigenvalue weighted by Gasteiger charge is -1.91. The van der Waals surface area contributed by atoms with Crippen LogP contribution in [0, 0.1) is 0 Å². The molecule has 0 radical (unpaired) electrons. The summed E-state index contributed by atoms with van der Waals surface area (Å²) in [7, 11) is 1.99. The van der Waals surface area contributed by atoms with Crippen LogP contribution in [0.2, 0.25) is 0 Å². The van der Waals surface area contributed by atoms with E-state index in [9.17, 15) is 0 Å². The predicted molar refractivity (Wildman–Crippen MR) is 33.7 cm³/mol. The normalized spacial score (nSPS) is 10.0. The number of hydrogen-bond acceptors (Lipinski definition) is 1. The molecule has 1 aromatic heterocycles. The fraction of sp³-hybridized carbons (Fsp3) is 0.667. The van der Waals surface area contributed by atoms with Crippen molar-refractivity contribution in [3.8, 4) is 0 Å². The zero-order chi connectivity index (χ0) is 6.69. The molecule has 0 spiro atoms. The van der Waals surface area contributed by atoms with Crippen molar-refractivity contribution in [2.45, 2.75) is 19.9 Å². The highest BCUT2D eigenvalue weighted by molar-refractivity contribution is 4.50. The van der Waals surface area contributed by atoms with Crippen LogP contribution < -0.4 is 4.68 Å². The number of rotatable bonds is 2. The SMILES string of the molecule is CCCn1ncc[n+]1C. The van der Waals surface area contributed by atoms with Crippen molar-refractivity contribution in [3.63, 3.8) is 0 Å². The fourth-order valence-electron chi connectivity index (χ4n) is 0.777. The molecule has 0 aromatic carbocycles. The molecule has 0 saturated heterocycles. The van der Waals surface area contributed by atoms with E-state index in [1.165, 1.54) is 0 Å². The van der Waals surface area contributed by atoms with Crippen molar-refractivity contribution in [3.05, 3.63) is 12.4 Å². The molecule has 0 bridgehead atoms. The van der Waals surface area contributed by atoms with Gasteiger partial charge in [0.1, 0.15) is 7.05 Å². The lowest BCUT2D eigenvalue weighted by molar-refractivity contribution is -0.758. The predicted octanol–water partition coefficient (Wildman–Crippen LogP) is 0.118. The Morgan fingerprint density at radius 1 is 1.67 bits per heavy atom. The summed E-state index contributed by atoms with van der Waals surface area (Å²) in [6.07, 6.45) is 4.88.